The van der Waals surface area contributed by atoms with Gasteiger partial charge in [-0.25, -0.2) is 9.97 Å². The van der Waals surface area contributed by atoms with Gasteiger partial charge in [-0.15, -0.1) is 0 Å². The molecule has 3 heterocycles. The number of hydrogen-bond acceptors (Lipinski definition) is 4. The van der Waals surface area contributed by atoms with Gasteiger partial charge in [0.2, 0.25) is 0 Å². The number of amides is 1. The van der Waals surface area contributed by atoms with E-state index in [1.807, 2.05) is 47.9 Å². The highest BCUT2D eigenvalue weighted by molar-refractivity contribution is 7.19. The van der Waals surface area contributed by atoms with E-state index in [2.05, 4.69) is 15.3 Å². The molecule has 0 fully saturated rings. The van der Waals surface area contributed by atoms with Crippen LogP contribution in [0.1, 0.15) is 15.4 Å². The maximum atomic E-state index is 12.5. The number of fused-ring (bicyclic) bond motifs is 1. The second kappa shape index (κ2) is 6.31. The SMILES string of the molecule is Cc1c(C(=O)Nc2ccc(Cl)cn2)sc2nc(-c3ccccc3)cn12. The lowest BCUT2D eigenvalue weighted by molar-refractivity contribution is 0.102. The number of pyridine rings is 1. The topological polar surface area (TPSA) is 59.3 Å². The molecule has 0 spiro atoms. The van der Waals surface area contributed by atoms with Gasteiger partial charge in [0.15, 0.2) is 4.96 Å². The highest BCUT2D eigenvalue weighted by atomic mass is 35.5. The maximum Gasteiger partial charge on any atom is 0.268 e. The molecule has 1 N–H and O–H groups in total. The molecule has 124 valence electrons. The molecule has 0 aliphatic carbocycles. The number of thiazole rings is 1. The van der Waals surface area contributed by atoms with E-state index in [0.29, 0.717) is 15.7 Å². The summed E-state index contributed by atoms with van der Waals surface area (Å²) in [5, 5.41) is 3.31. The Labute approximate surface area is 152 Å². The number of aromatic nitrogens is 3. The van der Waals surface area contributed by atoms with Crippen LogP contribution in [-0.2, 0) is 0 Å². The van der Waals surface area contributed by atoms with Crippen molar-refractivity contribution in [3.05, 3.63) is 70.5 Å². The number of aryl methyl sites for hydroxylation is 1. The molecule has 0 radical (unpaired) electrons. The summed E-state index contributed by atoms with van der Waals surface area (Å²) in [7, 11) is 0. The Kier molecular flexibility index (Phi) is 3.99. The maximum absolute atomic E-state index is 12.5. The Morgan fingerprint density at radius 1 is 1.20 bits per heavy atom. The Bertz CT molecular complexity index is 1050. The van der Waals surface area contributed by atoms with Crippen molar-refractivity contribution in [3.8, 4) is 11.3 Å². The smallest absolute Gasteiger partial charge is 0.268 e. The van der Waals surface area contributed by atoms with Crippen molar-refractivity contribution in [1.29, 1.82) is 0 Å². The van der Waals surface area contributed by atoms with Crippen LogP contribution in [0.5, 0.6) is 0 Å². The van der Waals surface area contributed by atoms with Gasteiger partial charge >= 0.3 is 0 Å². The number of imidazole rings is 1. The normalized spacial score (nSPS) is 11.0. The van der Waals surface area contributed by atoms with Crippen molar-refractivity contribution in [1.82, 2.24) is 14.4 Å². The van der Waals surface area contributed by atoms with Crippen molar-refractivity contribution in [3.63, 3.8) is 0 Å². The lowest BCUT2D eigenvalue weighted by atomic mass is 10.2. The molecule has 5 nitrogen and oxygen atoms in total. The van der Waals surface area contributed by atoms with E-state index >= 15 is 0 Å². The van der Waals surface area contributed by atoms with Crippen LogP contribution in [0.4, 0.5) is 5.82 Å². The van der Waals surface area contributed by atoms with Crippen molar-refractivity contribution in [2.24, 2.45) is 0 Å². The molecule has 1 aromatic carbocycles. The zero-order valence-corrected chi connectivity index (χ0v) is 14.8. The van der Waals surface area contributed by atoms with Gasteiger partial charge in [-0.2, -0.15) is 0 Å². The molecular weight excluding hydrogens is 356 g/mol. The molecule has 1 amide bonds. The first-order valence-electron chi connectivity index (χ1n) is 7.58. The van der Waals surface area contributed by atoms with Crippen LogP contribution in [0.3, 0.4) is 0 Å². The van der Waals surface area contributed by atoms with Crippen LogP contribution in [0.2, 0.25) is 5.02 Å². The number of halogens is 1. The Morgan fingerprint density at radius 2 is 2.00 bits per heavy atom. The van der Waals surface area contributed by atoms with E-state index in [1.165, 1.54) is 17.5 Å². The molecule has 3 aromatic heterocycles. The number of carbonyl (C=O) groups excluding carboxylic acids is 1. The van der Waals surface area contributed by atoms with E-state index in [9.17, 15) is 4.79 Å². The predicted molar refractivity (Wildman–Crippen MR) is 100 cm³/mol. The van der Waals surface area contributed by atoms with E-state index in [-0.39, 0.29) is 5.91 Å². The fourth-order valence-electron chi connectivity index (χ4n) is 2.53. The van der Waals surface area contributed by atoms with Gasteiger partial charge < -0.3 is 5.32 Å². The van der Waals surface area contributed by atoms with Gasteiger partial charge in [-0.1, -0.05) is 53.3 Å². The van der Waals surface area contributed by atoms with Crippen LogP contribution in [0, 0.1) is 6.92 Å². The molecule has 0 aliphatic heterocycles. The summed E-state index contributed by atoms with van der Waals surface area (Å²) in [6, 6.07) is 13.3. The number of rotatable bonds is 3. The van der Waals surface area contributed by atoms with Crippen molar-refractivity contribution < 1.29 is 4.79 Å². The Balaban J connectivity index is 1.64. The third-order valence-electron chi connectivity index (χ3n) is 3.80. The molecule has 4 rings (SSSR count). The number of hydrogen-bond donors (Lipinski definition) is 1. The number of benzene rings is 1. The zero-order valence-electron chi connectivity index (χ0n) is 13.2. The molecule has 0 bridgehead atoms. The average Bonchev–Trinajstić information content (AvgIpc) is 3.17. The highest BCUT2D eigenvalue weighted by Gasteiger charge is 2.18. The van der Waals surface area contributed by atoms with Gasteiger partial charge in [0.05, 0.1) is 10.7 Å². The first-order chi connectivity index (χ1) is 12.1. The summed E-state index contributed by atoms with van der Waals surface area (Å²) in [5.41, 5.74) is 2.79. The molecule has 4 aromatic rings. The van der Waals surface area contributed by atoms with Crippen molar-refractivity contribution in [2.45, 2.75) is 6.92 Å². The van der Waals surface area contributed by atoms with Crippen molar-refractivity contribution in [2.75, 3.05) is 5.32 Å². The van der Waals surface area contributed by atoms with Gasteiger partial charge in [-0.3, -0.25) is 9.20 Å². The van der Waals surface area contributed by atoms with Crippen molar-refractivity contribution >= 4 is 39.6 Å². The predicted octanol–water partition coefficient (Wildman–Crippen LogP) is 4.67. The van der Waals surface area contributed by atoms with Crippen LogP contribution >= 0.6 is 22.9 Å². The summed E-state index contributed by atoms with van der Waals surface area (Å²) in [4.78, 5) is 22.6. The summed E-state index contributed by atoms with van der Waals surface area (Å²) in [6.45, 7) is 1.91. The number of nitrogens with zero attached hydrogens (tertiary/aromatic N) is 3. The largest absolute Gasteiger partial charge is 0.306 e. The molecule has 25 heavy (non-hydrogen) atoms. The molecular formula is C18H13ClN4OS. The third kappa shape index (κ3) is 3.01. The molecule has 0 unspecified atom stereocenters. The molecule has 0 saturated heterocycles. The van der Waals surface area contributed by atoms with Crippen LogP contribution in [-0.4, -0.2) is 20.3 Å². The fraction of sp³-hybridized carbons (Fsp3) is 0.0556. The number of nitrogens with one attached hydrogen (secondary N) is 1. The van der Waals surface area contributed by atoms with Crippen LogP contribution in [0.25, 0.3) is 16.2 Å². The lowest BCUT2D eigenvalue weighted by Gasteiger charge is -2.03. The lowest BCUT2D eigenvalue weighted by Crippen LogP contribution is -2.12. The first kappa shape index (κ1) is 15.8. The summed E-state index contributed by atoms with van der Waals surface area (Å²) < 4.78 is 1.94. The minimum Gasteiger partial charge on any atom is -0.306 e. The summed E-state index contributed by atoms with van der Waals surface area (Å²) >= 11 is 7.17. The minimum absolute atomic E-state index is 0.205. The summed E-state index contributed by atoms with van der Waals surface area (Å²) in [5.74, 6) is 0.258. The van der Waals surface area contributed by atoms with Gasteiger partial charge in [0.1, 0.15) is 10.7 Å². The third-order valence-corrected chi connectivity index (χ3v) is 5.18. The zero-order chi connectivity index (χ0) is 17.4. The van der Waals surface area contributed by atoms with Gasteiger partial charge in [0, 0.05) is 23.7 Å². The quantitative estimate of drug-likeness (QED) is 0.571. The number of anilines is 1. The van der Waals surface area contributed by atoms with Gasteiger partial charge in [0.25, 0.3) is 5.91 Å². The number of carbonyl (C=O) groups is 1. The van der Waals surface area contributed by atoms with E-state index in [1.54, 1.807) is 12.1 Å². The van der Waals surface area contributed by atoms with E-state index in [4.69, 9.17) is 11.6 Å². The average molecular weight is 369 g/mol. The van der Waals surface area contributed by atoms with Crippen LogP contribution in [0.15, 0.2) is 54.9 Å². The molecule has 0 atom stereocenters. The molecule has 0 aliphatic rings. The summed E-state index contributed by atoms with van der Waals surface area (Å²) in [6.07, 6.45) is 3.45. The molecule has 0 saturated carbocycles. The van der Waals surface area contributed by atoms with E-state index < -0.39 is 0 Å². The Hall–Kier alpha value is -2.70. The second-order valence-corrected chi connectivity index (χ2v) is 6.89. The van der Waals surface area contributed by atoms with E-state index in [0.717, 1.165) is 21.9 Å². The Morgan fingerprint density at radius 3 is 2.68 bits per heavy atom. The first-order valence-corrected chi connectivity index (χ1v) is 8.78. The highest BCUT2D eigenvalue weighted by Crippen LogP contribution is 2.27. The monoisotopic (exact) mass is 368 g/mol. The fourth-order valence-corrected chi connectivity index (χ4v) is 3.65. The van der Waals surface area contributed by atoms with Gasteiger partial charge in [-0.05, 0) is 19.1 Å². The standard InChI is InChI=1S/C18H13ClN4OS/c1-11-16(17(24)22-15-8-7-13(19)9-20-15)25-18-21-14(10-23(11)18)12-5-3-2-4-6-12/h2-10H,1H3,(H,20,22,24). The second-order valence-electron chi connectivity index (χ2n) is 5.48. The molecule has 7 heteroatoms. The van der Waals surface area contributed by atoms with Crippen LogP contribution < -0.4 is 5.32 Å². The minimum atomic E-state index is -0.205.